The van der Waals surface area contributed by atoms with Gasteiger partial charge in [-0.1, -0.05) is 54.1 Å². The summed E-state index contributed by atoms with van der Waals surface area (Å²) in [4.78, 5) is 24.4. The van der Waals surface area contributed by atoms with Crippen molar-refractivity contribution in [3.63, 3.8) is 0 Å². The van der Waals surface area contributed by atoms with Crippen LogP contribution in [0.15, 0.2) is 66.7 Å². The second-order valence-corrected chi connectivity index (χ2v) is 5.99. The molecule has 0 aliphatic carbocycles. The smallest absolute Gasteiger partial charge is 0.251 e. The Morgan fingerprint density at radius 3 is 2.28 bits per heavy atom. The molecule has 0 heterocycles. The van der Waals surface area contributed by atoms with Crippen molar-refractivity contribution in [3.05, 3.63) is 82.9 Å². The maximum atomic E-state index is 12.4. The van der Waals surface area contributed by atoms with Crippen molar-refractivity contribution < 1.29 is 9.59 Å². The van der Waals surface area contributed by atoms with E-state index >= 15 is 0 Å². The number of fused-ring (bicyclic) bond motifs is 1. The Bertz CT molecular complexity index is 919. The van der Waals surface area contributed by atoms with Crippen molar-refractivity contribution >= 4 is 34.2 Å². The number of nitrogens with one attached hydrogen (secondary N) is 2. The summed E-state index contributed by atoms with van der Waals surface area (Å²) in [7, 11) is 0. The molecule has 3 aromatic carbocycles. The second-order valence-electron chi connectivity index (χ2n) is 5.55. The lowest BCUT2D eigenvalue weighted by Gasteiger charge is -2.09. The van der Waals surface area contributed by atoms with E-state index in [9.17, 15) is 9.59 Å². The van der Waals surface area contributed by atoms with E-state index in [1.54, 1.807) is 30.3 Å². The minimum absolute atomic E-state index is 0.159. The van der Waals surface area contributed by atoms with Crippen molar-refractivity contribution in [3.8, 4) is 0 Å². The van der Waals surface area contributed by atoms with Gasteiger partial charge < -0.3 is 10.6 Å². The molecule has 0 saturated carbocycles. The van der Waals surface area contributed by atoms with E-state index in [1.165, 1.54) is 0 Å². The molecule has 0 aliphatic rings. The van der Waals surface area contributed by atoms with E-state index in [1.807, 2.05) is 36.4 Å². The van der Waals surface area contributed by atoms with Gasteiger partial charge in [0, 0.05) is 29.2 Å². The Morgan fingerprint density at radius 2 is 1.48 bits per heavy atom. The van der Waals surface area contributed by atoms with Crippen LogP contribution in [0.5, 0.6) is 0 Å². The van der Waals surface area contributed by atoms with Crippen molar-refractivity contribution in [2.24, 2.45) is 0 Å². The largest absolute Gasteiger partial charge is 0.350 e. The first kappa shape index (κ1) is 17.0. The first-order chi connectivity index (χ1) is 12.1. The van der Waals surface area contributed by atoms with Crippen LogP contribution in [0.2, 0.25) is 5.02 Å². The number of carbonyl (C=O) groups is 2. The van der Waals surface area contributed by atoms with Gasteiger partial charge in [-0.25, -0.2) is 0 Å². The first-order valence-corrected chi connectivity index (χ1v) is 8.33. The van der Waals surface area contributed by atoms with Crippen LogP contribution in [0, 0.1) is 0 Å². The highest BCUT2D eigenvalue weighted by atomic mass is 35.5. The molecule has 3 aromatic rings. The monoisotopic (exact) mass is 352 g/mol. The van der Waals surface area contributed by atoms with Gasteiger partial charge in [-0.15, -0.1) is 0 Å². The predicted octanol–water partition coefficient (Wildman–Crippen LogP) is 3.65. The Morgan fingerprint density at radius 1 is 0.800 bits per heavy atom. The third kappa shape index (κ3) is 4.17. The summed E-state index contributed by atoms with van der Waals surface area (Å²) < 4.78 is 0. The van der Waals surface area contributed by atoms with Crippen LogP contribution in [0.25, 0.3) is 10.8 Å². The van der Waals surface area contributed by atoms with Crippen LogP contribution in [-0.4, -0.2) is 24.9 Å². The Hall–Kier alpha value is -2.85. The average Bonchev–Trinajstić information content (AvgIpc) is 2.64. The molecule has 0 saturated heterocycles. The van der Waals surface area contributed by atoms with Gasteiger partial charge in [-0.05, 0) is 35.0 Å². The van der Waals surface area contributed by atoms with E-state index in [4.69, 9.17) is 11.6 Å². The van der Waals surface area contributed by atoms with Crippen LogP contribution >= 0.6 is 11.6 Å². The zero-order valence-electron chi connectivity index (χ0n) is 13.5. The molecule has 0 aliphatic heterocycles. The highest BCUT2D eigenvalue weighted by Gasteiger charge is 2.09. The first-order valence-electron chi connectivity index (χ1n) is 7.95. The normalized spacial score (nSPS) is 10.4. The summed E-state index contributed by atoms with van der Waals surface area (Å²) in [5.74, 6) is -0.379. The standard InChI is InChI=1S/C20H17ClN2O2/c21-16-8-3-7-15(13-16)19(24)22-11-12-23-20(25)18-10-4-6-14-5-1-2-9-17(14)18/h1-10,13H,11-12H2,(H,22,24)(H,23,25). The zero-order valence-corrected chi connectivity index (χ0v) is 14.2. The molecule has 2 amide bonds. The molecule has 126 valence electrons. The number of halogens is 1. The number of hydrogen-bond acceptors (Lipinski definition) is 2. The molecular formula is C20H17ClN2O2. The van der Waals surface area contributed by atoms with Crippen molar-refractivity contribution in [2.75, 3.05) is 13.1 Å². The maximum Gasteiger partial charge on any atom is 0.251 e. The summed E-state index contributed by atoms with van der Waals surface area (Å²) >= 11 is 5.87. The Balaban J connectivity index is 1.55. The van der Waals surface area contributed by atoms with E-state index in [0.29, 0.717) is 29.2 Å². The number of amides is 2. The Labute approximate surface area is 150 Å². The van der Waals surface area contributed by atoms with E-state index in [0.717, 1.165) is 10.8 Å². The SMILES string of the molecule is O=C(NCCNC(=O)c1cccc2ccccc12)c1cccc(Cl)c1. The van der Waals surface area contributed by atoms with Gasteiger partial charge in [0.25, 0.3) is 11.8 Å². The fourth-order valence-electron chi connectivity index (χ4n) is 2.60. The number of carbonyl (C=O) groups excluding carboxylic acids is 2. The minimum atomic E-state index is -0.220. The summed E-state index contributed by atoms with van der Waals surface area (Å²) in [6.45, 7) is 0.677. The lowest BCUT2D eigenvalue weighted by Crippen LogP contribution is -2.34. The van der Waals surface area contributed by atoms with Crippen LogP contribution in [0.1, 0.15) is 20.7 Å². The quantitative estimate of drug-likeness (QED) is 0.688. The molecule has 0 unspecified atom stereocenters. The summed E-state index contributed by atoms with van der Waals surface area (Å²) in [6, 6.07) is 20.1. The van der Waals surface area contributed by atoms with Gasteiger partial charge in [0.05, 0.1) is 0 Å². The van der Waals surface area contributed by atoms with Crippen molar-refractivity contribution in [2.45, 2.75) is 0 Å². The van der Waals surface area contributed by atoms with E-state index in [-0.39, 0.29) is 11.8 Å². The number of rotatable bonds is 5. The average molecular weight is 353 g/mol. The van der Waals surface area contributed by atoms with Gasteiger partial charge in [0.15, 0.2) is 0 Å². The van der Waals surface area contributed by atoms with Crippen molar-refractivity contribution in [1.82, 2.24) is 10.6 Å². The molecule has 3 rings (SSSR count). The molecule has 0 radical (unpaired) electrons. The zero-order chi connectivity index (χ0) is 17.6. The fraction of sp³-hybridized carbons (Fsp3) is 0.100. The second kappa shape index (κ2) is 7.81. The van der Waals surface area contributed by atoms with Gasteiger partial charge in [-0.2, -0.15) is 0 Å². The molecule has 0 spiro atoms. The molecule has 0 fully saturated rings. The van der Waals surface area contributed by atoms with Crippen molar-refractivity contribution in [1.29, 1.82) is 0 Å². The molecular weight excluding hydrogens is 336 g/mol. The van der Waals surface area contributed by atoms with Gasteiger partial charge in [0.2, 0.25) is 0 Å². The van der Waals surface area contributed by atoms with Gasteiger partial charge in [-0.3, -0.25) is 9.59 Å². The minimum Gasteiger partial charge on any atom is -0.350 e. The van der Waals surface area contributed by atoms with Crippen LogP contribution in [-0.2, 0) is 0 Å². The summed E-state index contributed by atoms with van der Waals surface area (Å²) in [5, 5.41) is 8.02. The fourth-order valence-corrected chi connectivity index (χ4v) is 2.79. The lowest BCUT2D eigenvalue weighted by molar-refractivity contribution is 0.0928. The molecule has 25 heavy (non-hydrogen) atoms. The van der Waals surface area contributed by atoms with E-state index < -0.39 is 0 Å². The predicted molar refractivity (Wildman–Crippen MR) is 100 cm³/mol. The van der Waals surface area contributed by atoms with Crippen LogP contribution in [0.4, 0.5) is 0 Å². The third-order valence-corrected chi connectivity index (χ3v) is 4.05. The van der Waals surface area contributed by atoms with Crippen LogP contribution < -0.4 is 10.6 Å². The van der Waals surface area contributed by atoms with Crippen LogP contribution in [0.3, 0.4) is 0 Å². The molecule has 4 nitrogen and oxygen atoms in total. The lowest BCUT2D eigenvalue weighted by atomic mass is 10.0. The maximum absolute atomic E-state index is 12.4. The van der Waals surface area contributed by atoms with E-state index in [2.05, 4.69) is 10.6 Å². The number of hydrogen-bond donors (Lipinski definition) is 2. The summed E-state index contributed by atoms with van der Waals surface area (Å²) in [5.41, 5.74) is 1.12. The Kier molecular flexibility index (Phi) is 5.31. The molecule has 0 atom stereocenters. The van der Waals surface area contributed by atoms with Gasteiger partial charge >= 0.3 is 0 Å². The summed E-state index contributed by atoms with van der Waals surface area (Å²) in [6.07, 6.45) is 0. The highest BCUT2D eigenvalue weighted by molar-refractivity contribution is 6.30. The molecule has 0 aromatic heterocycles. The van der Waals surface area contributed by atoms with Gasteiger partial charge in [0.1, 0.15) is 0 Å². The highest BCUT2D eigenvalue weighted by Crippen LogP contribution is 2.18. The molecule has 2 N–H and O–H groups in total. The topological polar surface area (TPSA) is 58.2 Å². The molecule has 5 heteroatoms. The number of benzene rings is 3. The third-order valence-electron chi connectivity index (χ3n) is 3.82. The molecule has 0 bridgehead atoms.